The Morgan fingerprint density at radius 3 is 2.77 bits per heavy atom. The molecule has 2 aliphatic rings. The molecule has 134 valence electrons. The molecule has 2 amide bonds. The quantitative estimate of drug-likeness (QED) is 0.768. The Bertz CT molecular complexity index is 900. The summed E-state index contributed by atoms with van der Waals surface area (Å²) in [6.45, 7) is 0. The Hall–Kier alpha value is -3.08. The Balaban J connectivity index is 1.59. The molecular weight excluding hydrogens is 332 g/mol. The molecule has 2 aliphatic heterocycles. The van der Waals surface area contributed by atoms with Gasteiger partial charge in [0.05, 0.1) is 17.3 Å². The fraction of sp³-hybridized carbons (Fsp3) is 0.444. The van der Waals surface area contributed by atoms with E-state index >= 15 is 0 Å². The van der Waals surface area contributed by atoms with Crippen LogP contribution in [0.15, 0.2) is 18.5 Å². The number of anilines is 1. The van der Waals surface area contributed by atoms with Crippen molar-refractivity contribution < 1.29 is 9.59 Å². The first-order valence-electron chi connectivity index (χ1n) is 8.79. The predicted octanol–water partition coefficient (Wildman–Crippen LogP) is 1.51. The molecular formula is C18H20N6O2. The Labute approximate surface area is 150 Å². The lowest BCUT2D eigenvalue weighted by Gasteiger charge is -2.39. The molecule has 0 aromatic carbocycles. The summed E-state index contributed by atoms with van der Waals surface area (Å²) in [5.74, 6) is -0.596. The van der Waals surface area contributed by atoms with E-state index in [0.717, 1.165) is 31.1 Å². The van der Waals surface area contributed by atoms with Gasteiger partial charge in [0, 0.05) is 35.9 Å². The van der Waals surface area contributed by atoms with Crippen molar-refractivity contribution in [2.24, 2.45) is 5.73 Å². The summed E-state index contributed by atoms with van der Waals surface area (Å²) in [6, 6.07) is 4.25. The third-order valence-corrected chi connectivity index (χ3v) is 5.45. The molecule has 2 fully saturated rings. The number of H-pyrrole nitrogens is 1. The SMILES string of the molecule is N#CCC(=O)N1[C@@H]2CC[C@H]1C[C@@H](Nc1c(C(N)=O)cnc3[nH]ccc13)C2. The first-order chi connectivity index (χ1) is 12.6. The lowest BCUT2D eigenvalue weighted by atomic mass is 9.96. The van der Waals surface area contributed by atoms with Crippen molar-refractivity contribution in [3.63, 3.8) is 0 Å². The van der Waals surface area contributed by atoms with E-state index in [0.29, 0.717) is 16.9 Å². The van der Waals surface area contributed by atoms with Crippen LogP contribution in [0.2, 0.25) is 0 Å². The number of pyridine rings is 1. The molecule has 0 unspecified atom stereocenters. The zero-order valence-corrected chi connectivity index (χ0v) is 14.2. The smallest absolute Gasteiger partial charge is 0.252 e. The number of nitrogens with one attached hydrogen (secondary N) is 2. The highest BCUT2D eigenvalue weighted by molar-refractivity contribution is 6.06. The monoisotopic (exact) mass is 352 g/mol. The van der Waals surface area contributed by atoms with Gasteiger partial charge >= 0.3 is 0 Å². The highest BCUT2D eigenvalue weighted by Crippen LogP contribution is 2.38. The molecule has 0 radical (unpaired) electrons. The number of hydrogen-bond donors (Lipinski definition) is 3. The molecule has 8 nitrogen and oxygen atoms in total. The fourth-order valence-electron chi connectivity index (χ4n) is 4.42. The standard InChI is InChI=1S/C18H20N6O2/c19-5-3-15(25)24-11-1-2-12(24)8-10(7-11)23-16-13-4-6-21-18(13)22-9-14(16)17(20)26/h4,6,9-12H,1-3,7-8H2,(H2,20,26)(H2,21,22,23)/t10-,11+,12-. The maximum Gasteiger partial charge on any atom is 0.252 e. The third kappa shape index (κ3) is 2.65. The van der Waals surface area contributed by atoms with Crippen molar-refractivity contribution in [2.45, 2.75) is 50.2 Å². The zero-order chi connectivity index (χ0) is 18.3. The van der Waals surface area contributed by atoms with Crippen molar-refractivity contribution in [2.75, 3.05) is 5.32 Å². The van der Waals surface area contributed by atoms with E-state index in [4.69, 9.17) is 11.0 Å². The van der Waals surface area contributed by atoms with Crippen LogP contribution in [0.3, 0.4) is 0 Å². The number of aromatic nitrogens is 2. The van der Waals surface area contributed by atoms with E-state index in [1.807, 2.05) is 17.0 Å². The maximum atomic E-state index is 12.2. The Morgan fingerprint density at radius 1 is 1.38 bits per heavy atom. The van der Waals surface area contributed by atoms with E-state index in [1.165, 1.54) is 6.20 Å². The maximum absolute atomic E-state index is 12.2. The Kier molecular flexibility index (Phi) is 3.99. The van der Waals surface area contributed by atoms with Gasteiger partial charge in [-0.3, -0.25) is 9.59 Å². The molecule has 0 saturated carbocycles. The third-order valence-electron chi connectivity index (χ3n) is 5.45. The summed E-state index contributed by atoms with van der Waals surface area (Å²) in [5.41, 5.74) is 7.29. The number of piperidine rings is 1. The van der Waals surface area contributed by atoms with Gasteiger partial charge in [-0.1, -0.05) is 0 Å². The predicted molar refractivity (Wildman–Crippen MR) is 95.1 cm³/mol. The largest absolute Gasteiger partial charge is 0.381 e. The molecule has 3 atom stereocenters. The van der Waals surface area contributed by atoms with Gasteiger partial charge in [0.25, 0.3) is 5.91 Å². The molecule has 4 N–H and O–H groups in total. The van der Waals surface area contributed by atoms with Gasteiger partial charge in [0.2, 0.25) is 5.91 Å². The first-order valence-corrected chi connectivity index (χ1v) is 8.79. The van der Waals surface area contributed by atoms with Crippen molar-refractivity contribution in [3.05, 3.63) is 24.0 Å². The molecule has 8 heteroatoms. The molecule has 2 aromatic rings. The summed E-state index contributed by atoms with van der Waals surface area (Å²) in [6.07, 6.45) is 6.70. The van der Waals surface area contributed by atoms with Gasteiger partial charge in [-0.05, 0) is 31.7 Å². The number of nitriles is 1. The average Bonchev–Trinajstić information content (AvgIpc) is 3.18. The van der Waals surface area contributed by atoms with Crippen LogP contribution >= 0.6 is 0 Å². The van der Waals surface area contributed by atoms with Crippen LogP contribution in [-0.4, -0.2) is 44.8 Å². The minimum absolute atomic E-state index is 0.0642. The van der Waals surface area contributed by atoms with Crippen LogP contribution in [0.25, 0.3) is 11.0 Å². The summed E-state index contributed by atoms with van der Waals surface area (Å²) >= 11 is 0. The fourth-order valence-corrected chi connectivity index (χ4v) is 4.42. The summed E-state index contributed by atoms with van der Waals surface area (Å²) in [5, 5.41) is 13.1. The summed E-state index contributed by atoms with van der Waals surface area (Å²) < 4.78 is 0. The molecule has 26 heavy (non-hydrogen) atoms. The highest BCUT2D eigenvalue weighted by Gasteiger charge is 2.43. The summed E-state index contributed by atoms with van der Waals surface area (Å²) in [4.78, 5) is 33.2. The van der Waals surface area contributed by atoms with Gasteiger partial charge in [-0.2, -0.15) is 5.26 Å². The van der Waals surface area contributed by atoms with Crippen LogP contribution in [0.5, 0.6) is 0 Å². The topological polar surface area (TPSA) is 128 Å². The van der Waals surface area contributed by atoms with Crippen molar-refractivity contribution >= 4 is 28.5 Å². The van der Waals surface area contributed by atoms with Gasteiger partial charge in [0.15, 0.2) is 0 Å². The van der Waals surface area contributed by atoms with Crippen molar-refractivity contribution in [1.82, 2.24) is 14.9 Å². The second-order valence-electron chi connectivity index (χ2n) is 6.98. The van der Waals surface area contributed by atoms with Crippen LogP contribution < -0.4 is 11.1 Å². The number of amides is 2. The molecule has 0 spiro atoms. The number of fused-ring (bicyclic) bond motifs is 3. The first kappa shape index (κ1) is 16.4. The number of aromatic amines is 1. The minimum atomic E-state index is -0.521. The molecule has 2 bridgehead atoms. The van der Waals surface area contributed by atoms with Crippen molar-refractivity contribution in [3.8, 4) is 6.07 Å². The van der Waals surface area contributed by atoms with E-state index in [9.17, 15) is 9.59 Å². The summed E-state index contributed by atoms with van der Waals surface area (Å²) in [7, 11) is 0. The average molecular weight is 352 g/mol. The normalized spacial score (nSPS) is 24.4. The number of nitrogens with two attached hydrogens (primary N) is 1. The van der Waals surface area contributed by atoms with E-state index in [-0.39, 0.29) is 30.5 Å². The van der Waals surface area contributed by atoms with Crippen molar-refractivity contribution in [1.29, 1.82) is 5.26 Å². The number of carbonyl (C=O) groups is 2. The van der Waals surface area contributed by atoms with Crippen LogP contribution in [-0.2, 0) is 4.79 Å². The van der Waals surface area contributed by atoms with Crippen LogP contribution in [0.1, 0.15) is 42.5 Å². The number of carbonyl (C=O) groups excluding carboxylic acids is 2. The van der Waals surface area contributed by atoms with Gasteiger partial charge in [-0.15, -0.1) is 0 Å². The van der Waals surface area contributed by atoms with E-state index in [1.54, 1.807) is 6.20 Å². The number of primary amides is 1. The van der Waals surface area contributed by atoms with Crippen LogP contribution in [0.4, 0.5) is 5.69 Å². The molecule has 4 rings (SSSR count). The lowest BCUT2D eigenvalue weighted by Crippen LogP contribution is -2.49. The van der Waals surface area contributed by atoms with Gasteiger partial charge in [-0.25, -0.2) is 4.98 Å². The van der Waals surface area contributed by atoms with Crippen LogP contribution in [0, 0.1) is 11.3 Å². The molecule has 2 aromatic heterocycles. The Morgan fingerprint density at radius 2 is 2.12 bits per heavy atom. The second kappa shape index (κ2) is 6.33. The molecule has 0 aliphatic carbocycles. The van der Waals surface area contributed by atoms with E-state index < -0.39 is 5.91 Å². The zero-order valence-electron chi connectivity index (χ0n) is 14.2. The minimum Gasteiger partial charge on any atom is -0.381 e. The number of rotatable bonds is 4. The molecule has 2 saturated heterocycles. The highest BCUT2D eigenvalue weighted by atomic mass is 16.2. The number of hydrogen-bond acceptors (Lipinski definition) is 5. The number of nitrogens with zero attached hydrogens (tertiary/aromatic N) is 3. The molecule has 4 heterocycles. The lowest BCUT2D eigenvalue weighted by molar-refractivity contribution is -0.134. The van der Waals surface area contributed by atoms with E-state index in [2.05, 4.69) is 15.3 Å². The van der Waals surface area contributed by atoms with Gasteiger partial charge < -0.3 is 20.9 Å². The van der Waals surface area contributed by atoms with Gasteiger partial charge in [0.1, 0.15) is 12.1 Å². The second-order valence-corrected chi connectivity index (χ2v) is 6.98.